The van der Waals surface area contributed by atoms with Gasteiger partial charge in [-0.05, 0) is 25.5 Å². The molecular weight excluding hydrogens is 270 g/mol. The maximum absolute atomic E-state index is 11.8. The van der Waals surface area contributed by atoms with Crippen molar-refractivity contribution in [1.29, 1.82) is 0 Å². The molecule has 0 aliphatic carbocycles. The van der Waals surface area contributed by atoms with Crippen LogP contribution in [0.2, 0.25) is 0 Å². The summed E-state index contributed by atoms with van der Waals surface area (Å²) in [7, 11) is 0. The van der Waals surface area contributed by atoms with Crippen LogP contribution < -0.4 is 0 Å². The standard InChI is InChI=1S/C16H19NO4/c1-3-20-15(18)12(2)9-14-11-21-16(19)17(14)10-13-7-5-4-6-8-13/h4-9,14H,3,10-11H2,1-2H3/b12-9+/t14-/m1/s1. The number of esters is 1. The molecular formula is C16H19NO4. The van der Waals surface area contributed by atoms with Crippen molar-refractivity contribution >= 4 is 12.1 Å². The van der Waals surface area contributed by atoms with Crippen LogP contribution in [0.25, 0.3) is 0 Å². The fourth-order valence-electron chi connectivity index (χ4n) is 2.17. The Kier molecular flexibility index (Phi) is 4.98. The number of ether oxygens (including phenoxy) is 2. The van der Waals surface area contributed by atoms with Crippen LogP contribution in [0.5, 0.6) is 0 Å². The maximum Gasteiger partial charge on any atom is 0.410 e. The fraction of sp³-hybridized carbons (Fsp3) is 0.375. The fourth-order valence-corrected chi connectivity index (χ4v) is 2.17. The topological polar surface area (TPSA) is 55.8 Å². The summed E-state index contributed by atoms with van der Waals surface area (Å²) in [4.78, 5) is 25.1. The Hall–Kier alpha value is -2.30. The molecule has 1 saturated heterocycles. The largest absolute Gasteiger partial charge is 0.463 e. The molecule has 0 radical (unpaired) electrons. The summed E-state index contributed by atoms with van der Waals surface area (Å²) < 4.78 is 10.0. The Labute approximate surface area is 124 Å². The lowest BCUT2D eigenvalue weighted by Crippen LogP contribution is -2.32. The van der Waals surface area contributed by atoms with Crippen LogP contribution in [0.15, 0.2) is 42.0 Å². The second-order valence-corrected chi connectivity index (χ2v) is 4.83. The molecule has 0 unspecified atom stereocenters. The molecule has 1 atom stereocenters. The monoisotopic (exact) mass is 289 g/mol. The van der Waals surface area contributed by atoms with Crippen molar-refractivity contribution in [3.05, 3.63) is 47.5 Å². The van der Waals surface area contributed by atoms with Crippen LogP contribution >= 0.6 is 0 Å². The zero-order chi connectivity index (χ0) is 15.2. The molecule has 1 aliphatic rings. The number of amides is 1. The van der Waals surface area contributed by atoms with Crippen LogP contribution in [0, 0.1) is 0 Å². The first kappa shape index (κ1) is 15.1. The van der Waals surface area contributed by atoms with E-state index in [-0.39, 0.29) is 24.7 Å². The first-order valence-corrected chi connectivity index (χ1v) is 6.94. The number of nitrogens with zero attached hydrogens (tertiary/aromatic N) is 1. The molecule has 5 nitrogen and oxygen atoms in total. The van der Waals surface area contributed by atoms with E-state index in [1.54, 1.807) is 24.8 Å². The van der Waals surface area contributed by atoms with E-state index in [4.69, 9.17) is 9.47 Å². The zero-order valence-corrected chi connectivity index (χ0v) is 12.2. The van der Waals surface area contributed by atoms with Gasteiger partial charge in [0.05, 0.1) is 12.6 Å². The number of cyclic esters (lactones) is 1. The van der Waals surface area contributed by atoms with Gasteiger partial charge in [-0.3, -0.25) is 4.90 Å². The number of hydrogen-bond donors (Lipinski definition) is 0. The van der Waals surface area contributed by atoms with Gasteiger partial charge in [0.25, 0.3) is 0 Å². The second kappa shape index (κ2) is 6.92. The molecule has 1 aromatic rings. The van der Waals surface area contributed by atoms with Gasteiger partial charge in [0, 0.05) is 12.1 Å². The first-order chi connectivity index (χ1) is 10.1. The van der Waals surface area contributed by atoms with Crippen LogP contribution in [0.3, 0.4) is 0 Å². The van der Waals surface area contributed by atoms with Crippen molar-refractivity contribution < 1.29 is 19.1 Å². The number of rotatable bonds is 5. The van der Waals surface area contributed by atoms with Gasteiger partial charge in [-0.25, -0.2) is 9.59 Å². The summed E-state index contributed by atoms with van der Waals surface area (Å²) >= 11 is 0. The summed E-state index contributed by atoms with van der Waals surface area (Å²) in [5.74, 6) is -0.364. The third-order valence-electron chi connectivity index (χ3n) is 3.25. The molecule has 1 heterocycles. The Morgan fingerprint density at radius 2 is 2.14 bits per heavy atom. The number of hydrogen-bond acceptors (Lipinski definition) is 4. The lowest BCUT2D eigenvalue weighted by atomic mass is 10.1. The van der Waals surface area contributed by atoms with Crippen molar-refractivity contribution in [3.8, 4) is 0 Å². The molecule has 112 valence electrons. The van der Waals surface area contributed by atoms with E-state index in [1.165, 1.54) is 0 Å². The van der Waals surface area contributed by atoms with Gasteiger partial charge in [-0.2, -0.15) is 0 Å². The van der Waals surface area contributed by atoms with Gasteiger partial charge in [0.2, 0.25) is 0 Å². The van der Waals surface area contributed by atoms with Crippen molar-refractivity contribution in [2.75, 3.05) is 13.2 Å². The molecule has 0 bridgehead atoms. The summed E-state index contributed by atoms with van der Waals surface area (Å²) in [6.07, 6.45) is 1.36. The molecule has 1 fully saturated rings. The highest BCUT2D eigenvalue weighted by atomic mass is 16.6. The number of carbonyl (C=O) groups excluding carboxylic acids is 2. The Balaban J connectivity index is 2.10. The van der Waals surface area contributed by atoms with E-state index in [2.05, 4.69) is 0 Å². The van der Waals surface area contributed by atoms with Gasteiger partial charge < -0.3 is 9.47 Å². The molecule has 0 saturated carbocycles. The summed E-state index contributed by atoms with van der Waals surface area (Å²) in [5.41, 5.74) is 1.50. The van der Waals surface area contributed by atoms with Crippen LogP contribution in [-0.2, 0) is 20.8 Å². The molecule has 0 aromatic heterocycles. The summed E-state index contributed by atoms with van der Waals surface area (Å²) in [6, 6.07) is 9.42. The maximum atomic E-state index is 11.8. The van der Waals surface area contributed by atoms with Crippen molar-refractivity contribution in [2.45, 2.75) is 26.4 Å². The summed E-state index contributed by atoms with van der Waals surface area (Å²) in [5, 5.41) is 0. The molecule has 0 spiro atoms. The molecule has 5 heteroatoms. The molecule has 1 amide bonds. The predicted molar refractivity (Wildman–Crippen MR) is 77.5 cm³/mol. The average molecular weight is 289 g/mol. The minimum Gasteiger partial charge on any atom is -0.463 e. The second-order valence-electron chi connectivity index (χ2n) is 4.83. The van der Waals surface area contributed by atoms with Crippen molar-refractivity contribution in [2.24, 2.45) is 0 Å². The highest BCUT2D eigenvalue weighted by Gasteiger charge is 2.31. The summed E-state index contributed by atoms with van der Waals surface area (Å²) in [6.45, 7) is 4.48. The lowest BCUT2D eigenvalue weighted by Gasteiger charge is -2.19. The highest BCUT2D eigenvalue weighted by Crippen LogP contribution is 2.19. The lowest BCUT2D eigenvalue weighted by molar-refractivity contribution is -0.138. The minimum absolute atomic E-state index is 0.248. The highest BCUT2D eigenvalue weighted by molar-refractivity contribution is 5.88. The SMILES string of the molecule is CCOC(=O)/C(C)=C/[C@@H]1COC(=O)N1Cc1ccccc1. The van der Waals surface area contributed by atoms with Crippen molar-refractivity contribution in [1.82, 2.24) is 4.90 Å². The van der Waals surface area contributed by atoms with Gasteiger partial charge in [0.1, 0.15) is 6.61 Å². The predicted octanol–water partition coefficient (Wildman–Crippen LogP) is 2.52. The van der Waals surface area contributed by atoms with Crippen LogP contribution in [-0.4, -0.2) is 36.2 Å². The molecule has 1 aliphatic heterocycles. The van der Waals surface area contributed by atoms with E-state index in [1.807, 2.05) is 30.3 Å². The normalized spacial score (nSPS) is 18.6. The van der Waals surface area contributed by atoms with Gasteiger partial charge in [-0.15, -0.1) is 0 Å². The number of benzene rings is 1. The van der Waals surface area contributed by atoms with Crippen molar-refractivity contribution in [3.63, 3.8) is 0 Å². The molecule has 2 rings (SSSR count). The van der Waals surface area contributed by atoms with E-state index in [0.717, 1.165) is 5.56 Å². The third kappa shape index (κ3) is 3.84. The average Bonchev–Trinajstić information content (AvgIpc) is 2.81. The quantitative estimate of drug-likeness (QED) is 0.617. The van der Waals surface area contributed by atoms with Gasteiger partial charge >= 0.3 is 12.1 Å². The first-order valence-electron chi connectivity index (χ1n) is 6.94. The Morgan fingerprint density at radius 1 is 1.43 bits per heavy atom. The van der Waals surface area contributed by atoms with Crippen LogP contribution in [0.4, 0.5) is 4.79 Å². The van der Waals surface area contributed by atoms with E-state index in [0.29, 0.717) is 18.7 Å². The van der Waals surface area contributed by atoms with E-state index < -0.39 is 0 Å². The zero-order valence-electron chi connectivity index (χ0n) is 12.2. The van der Waals surface area contributed by atoms with E-state index in [9.17, 15) is 9.59 Å². The third-order valence-corrected chi connectivity index (χ3v) is 3.25. The van der Waals surface area contributed by atoms with Gasteiger partial charge in [0.15, 0.2) is 0 Å². The van der Waals surface area contributed by atoms with Crippen LogP contribution in [0.1, 0.15) is 19.4 Å². The Morgan fingerprint density at radius 3 is 2.81 bits per heavy atom. The minimum atomic E-state index is -0.364. The smallest absolute Gasteiger partial charge is 0.410 e. The number of carbonyl (C=O) groups is 2. The Bertz CT molecular complexity index is 538. The molecule has 21 heavy (non-hydrogen) atoms. The molecule has 1 aromatic carbocycles. The van der Waals surface area contributed by atoms with Gasteiger partial charge in [-0.1, -0.05) is 30.3 Å². The van der Waals surface area contributed by atoms with E-state index >= 15 is 0 Å². The molecule has 0 N–H and O–H groups in total.